The molecule has 0 aromatic rings. The van der Waals surface area contributed by atoms with Crippen LogP contribution >= 0.6 is 0 Å². The average Bonchev–Trinajstić information content (AvgIpc) is 2.63. The fourth-order valence-electron chi connectivity index (χ4n) is 1.20. The highest BCUT2D eigenvalue weighted by Crippen LogP contribution is 2.33. The number of hydrogen-bond acceptors (Lipinski definition) is 2. The Morgan fingerprint density at radius 1 is 1.70 bits per heavy atom. The second-order valence-electron chi connectivity index (χ2n) is 2.58. The molecule has 1 aliphatic heterocycles. The Kier molecular flexibility index (Phi) is 1.05. The van der Waals surface area contributed by atoms with Crippen LogP contribution in [0.15, 0.2) is 23.8 Å². The van der Waals surface area contributed by atoms with Gasteiger partial charge in [0.05, 0.1) is 0 Å². The topological polar surface area (TPSA) is 29.6 Å². The second-order valence-corrected chi connectivity index (χ2v) is 2.58. The number of carbonyl (C=O) groups excluding carboxylic acids is 1. The summed E-state index contributed by atoms with van der Waals surface area (Å²) in [6.07, 6.45) is 5.96. The van der Waals surface area contributed by atoms with E-state index in [4.69, 9.17) is 4.74 Å². The van der Waals surface area contributed by atoms with Gasteiger partial charge in [0.2, 0.25) is 0 Å². The van der Waals surface area contributed by atoms with Gasteiger partial charge >= 0.3 is 0 Å². The molecule has 0 bridgehead atoms. The predicted molar refractivity (Wildman–Crippen MR) is 36.6 cm³/mol. The molecule has 2 heteroatoms. The Labute approximate surface area is 59.2 Å². The average molecular weight is 136 g/mol. The molecule has 0 radical (unpaired) electrons. The smallest absolute Gasteiger partial charge is 0.158 e. The molecule has 2 aliphatic rings. The van der Waals surface area contributed by atoms with Crippen molar-refractivity contribution in [1.82, 2.24) is 0 Å². The predicted octanol–water partition coefficient (Wildman–Crippen LogP) is 0.839. The van der Waals surface area contributed by atoms with Crippen LogP contribution in [-0.4, -0.2) is 18.0 Å². The Hall–Kier alpha value is -0.890. The van der Waals surface area contributed by atoms with Crippen LogP contribution in [0.2, 0.25) is 0 Å². The van der Waals surface area contributed by atoms with Gasteiger partial charge in [-0.1, -0.05) is 18.2 Å². The van der Waals surface area contributed by atoms with E-state index in [0.29, 0.717) is 0 Å². The van der Waals surface area contributed by atoms with E-state index in [1.807, 2.05) is 18.2 Å². The Morgan fingerprint density at radius 3 is 3.10 bits per heavy atom. The van der Waals surface area contributed by atoms with Gasteiger partial charge in [-0.25, -0.2) is 0 Å². The molecular weight excluding hydrogens is 128 g/mol. The van der Waals surface area contributed by atoms with E-state index >= 15 is 0 Å². The maximum Gasteiger partial charge on any atom is 0.158 e. The quantitative estimate of drug-likeness (QED) is 0.500. The Morgan fingerprint density at radius 2 is 2.50 bits per heavy atom. The van der Waals surface area contributed by atoms with Crippen molar-refractivity contribution in [3.63, 3.8) is 0 Å². The van der Waals surface area contributed by atoms with Crippen LogP contribution in [-0.2, 0) is 9.53 Å². The van der Waals surface area contributed by atoms with Gasteiger partial charge in [0.25, 0.3) is 0 Å². The normalized spacial score (nSPS) is 34.7. The maximum absolute atomic E-state index is 10.9. The minimum absolute atomic E-state index is 0.0856. The van der Waals surface area contributed by atoms with Crippen LogP contribution in [0.5, 0.6) is 0 Å². The van der Waals surface area contributed by atoms with Crippen LogP contribution < -0.4 is 0 Å². The Bertz CT molecular complexity index is 238. The summed E-state index contributed by atoms with van der Waals surface area (Å²) >= 11 is 0. The first-order chi connectivity index (χ1) is 4.79. The minimum atomic E-state index is 0.0856. The summed E-state index contributed by atoms with van der Waals surface area (Å²) in [6.45, 7) is 1.57. The summed E-state index contributed by atoms with van der Waals surface area (Å²) in [5, 5.41) is 0. The van der Waals surface area contributed by atoms with Gasteiger partial charge in [-0.3, -0.25) is 4.79 Å². The molecule has 1 heterocycles. The van der Waals surface area contributed by atoms with Crippen molar-refractivity contribution in [2.24, 2.45) is 0 Å². The molecule has 0 saturated carbocycles. The molecule has 0 spiro atoms. The third-order valence-electron chi connectivity index (χ3n) is 1.82. The summed E-state index contributed by atoms with van der Waals surface area (Å²) in [6, 6.07) is 0. The lowest BCUT2D eigenvalue weighted by molar-refractivity contribution is -0.113. The molecule has 10 heavy (non-hydrogen) atoms. The van der Waals surface area contributed by atoms with Crippen molar-refractivity contribution < 1.29 is 9.53 Å². The lowest BCUT2D eigenvalue weighted by Gasteiger charge is -1.98. The van der Waals surface area contributed by atoms with Crippen molar-refractivity contribution in [2.75, 3.05) is 0 Å². The van der Waals surface area contributed by atoms with Crippen LogP contribution in [0, 0.1) is 0 Å². The summed E-state index contributed by atoms with van der Waals surface area (Å²) < 4.78 is 5.18. The van der Waals surface area contributed by atoms with Gasteiger partial charge in [0, 0.05) is 5.57 Å². The minimum Gasteiger partial charge on any atom is -0.360 e. The van der Waals surface area contributed by atoms with Crippen molar-refractivity contribution in [3.8, 4) is 0 Å². The van der Waals surface area contributed by atoms with Gasteiger partial charge in [-0.2, -0.15) is 0 Å². The Balaban J connectivity index is 2.28. The molecule has 2 atom stereocenters. The number of ether oxygens (including phenoxy) is 1. The zero-order chi connectivity index (χ0) is 7.14. The molecule has 2 nitrogen and oxygen atoms in total. The van der Waals surface area contributed by atoms with Crippen LogP contribution in [0.25, 0.3) is 0 Å². The summed E-state index contributed by atoms with van der Waals surface area (Å²) in [4.78, 5) is 10.9. The van der Waals surface area contributed by atoms with E-state index in [-0.39, 0.29) is 18.0 Å². The number of epoxide rings is 1. The molecular formula is C8H8O2. The number of Topliss-reactive ketones (excluding diaryl/α,β-unsaturated/α-hetero) is 1. The third-order valence-corrected chi connectivity index (χ3v) is 1.82. The number of rotatable bonds is 1. The van der Waals surface area contributed by atoms with Crippen LogP contribution in [0.4, 0.5) is 0 Å². The standard InChI is InChI=1S/C8H8O2/c1-5(9)6-3-2-4-7-8(6)10-7/h2-4,7-8H,1H3. The van der Waals surface area contributed by atoms with E-state index in [9.17, 15) is 4.79 Å². The zero-order valence-corrected chi connectivity index (χ0v) is 5.70. The molecule has 1 saturated heterocycles. The fourth-order valence-corrected chi connectivity index (χ4v) is 1.20. The highest BCUT2D eigenvalue weighted by Gasteiger charge is 2.42. The molecule has 1 fully saturated rings. The number of ketones is 1. The molecule has 2 unspecified atom stereocenters. The first kappa shape index (κ1) is 5.86. The van der Waals surface area contributed by atoms with E-state index in [0.717, 1.165) is 5.57 Å². The molecule has 0 amide bonds. The van der Waals surface area contributed by atoms with Crippen molar-refractivity contribution >= 4 is 5.78 Å². The molecule has 0 aromatic heterocycles. The highest BCUT2D eigenvalue weighted by molar-refractivity contribution is 5.95. The molecule has 1 aliphatic carbocycles. The summed E-state index contributed by atoms with van der Waals surface area (Å²) in [5.74, 6) is 0.122. The third kappa shape index (κ3) is 0.727. The van der Waals surface area contributed by atoms with Crippen molar-refractivity contribution in [2.45, 2.75) is 19.1 Å². The monoisotopic (exact) mass is 136 g/mol. The molecule has 52 valence electrons. The summed E-state index contributed by atoms with van der Waals surface area (Å²) in [7, 11) is 0. The van der Waals surface area contributed by atoms with E-state index in [2.05, 4.69) is 0 Å². The van der Waals surface area contributed by atoms with E-state index < -0.39 is 0 Å². The van der Waals surface area contributed by atoms with Gasteiger partial charge < -0.3 is 4.74 Å². The molecule has 0 N–H and O–H groups in total. The van der Waals surface area contributed by atoms with E-state index in [1.54, 1.807) is 6.92 Å². The van der Waals surface area contributed by atoms with Crippen molar-refractivity contribution in [1.29, 1.82) is 0 Å². The van der Waals surface area contributed by atoms with Crippen molar-refractivity contribution in [3.05, 3.63) is 23.8 Å². The maximum atomic E-state index is 10.9. The largest absolute Gasteiger partial charge is 0.360 e. The zero-order valence-electron chi connectivity index (χ0n) is 5.70. The molecule has 2 rings (SSSR count). The van der Waals surface area contributed by atoms with Gasteiger partial charge in [0.15, 0.2) is 5.78 Å². The van der Waals surface area contributed by atoms with Gasteiger partial charge in [-0.15, -0.1) is 0 Å². The highest BCUT2D eigenvalue weighted by atomic mass is 16.6. The second kappa shape index (κ2) is 1.80. The first-order valence-corrected chi connectivity index (χ1v) is 3.34. The van der Waals surface area contributed by atoms with Crippen LogP contribution in [0.1, 0.15) is 6.92 Å². The van der Waals surface area contributed by atoms with Crippen LogP contribution in [0.3, 0.4) is 0 Å². The lowest BCUT2D eigenvalue weighted by atomic mass is 10.0. The van der Waals surface area contributed by atoms with Gasteiger partial charge in [-0.05, 0) is 6.92 Å². The fraction of sp³-hybridized carbons (Fsp3) is 0.375. The number of allylic oxidation sites excluding steroid dienone is 2. The van der Waals surface area contributed by atoms with Gasteiger partial charge in [0.1, 0.15) is 12.2 Å². The first-order valence-electron chi connectivity index (χ1n) is 3.34. The number of hydrogen-bond donors (Lipinski definition) is 0. The van der Waals surface area contributed by atoms with E-state index in [1.165, 1.54) is 0 Å². The summed E-state index contributed by atoms with van der Waals surface area (Å²) in [5.41, 5.74) is 0.813. The molecule has 0 aromatic carbocycles. The number of carbonyl (C=O) groups is 1. The lowest BCUT2D eigenvalue weighted by Crippen LogP contribution is -2.07. The SMILES string of the molecule is CC(=O)C1=CC=CC2OC12. The number of fused-ring (bicyclic) bond motifs is 1.